The Morgan fingerprint density at radius 3 is 2.35 bits per heavy atom. The van der Waals surface area contributed by atoms with Crippen LogP contribution in [0.3, 0.4) is 0 Å². The molecule has 1 unspecified atom stereocenters. The largest absolute Gasteiger partial charge is 0.397 e. The third-order valence-corrected chi connectivity index (χ3v) is 3.71. The van der Waals surface area contributed by atoms with Gasteiger partial charge in [0.1, 0.15) is 12.0 Å². The predicted molar refractivity (Wildman–Crippen MR) is 72.1 cm³/mol. The fourth-order valence-electron chi connectivity index (χ4n) is 0.978. The second kappa shape index (κ2) is 7.97. The summed E-state index contributed by atoms with van der Waals surface area (Å²) in [6.45, 7) is 0. The summed E-state index contributed by atoms with van der Waals surface area (Å²) in [5.74, 6) is 1.03. The third-order valence-electron chi connectivity index (χ3n) is 1.89. The van der Waals surface area contributed by atoms with Crippen LogP contribution in [-0.2, 0) is 4.79 Å². The molecule has 7 heteroatoms. The number of carbonyl (C=O) groups excluding carboxylic acids is 1. The molecule has 17 heavy (non-hydrogen) atoms. The Balaban J connectivity index is 0.000000284. The summed E-state index contributed by atoms with van der Waals surface area (Å²) in [7, 11) is 0. The standard InChI is InChI=1S/C5H4N2S.C5H5NOS.ClH/c2*6-1-4-2-8-3-5(4)7;/h2-3H,7H2;4H,2-3H2;1H. The molecule has 90 valence electrons. The van der Waals surface area contributed by atoms with Gasteiger partial charge in [0.15, 0.2) is 5.78 Å². The van der Waals surface area contributed by atoms with Gasteiger partial charge < -0.3 is 5.73 Å². The average Bonchev–Trinajstić information content (AvgIpc) is 2.87. The highest BCUT2D eigenvalue weighted by atomic mass is 35.5. The molecule has 1 aromatic rings. The molecule has 4 nitrogen and oxygen atoms in total. The number of nitrogen functional groups attached to an aromatic ring is 1. The highest BCUT2D eigenvalue weighted by Crippen LogP contribution is 2.18. The summed E-state index contributed by atoms with van der Waals surface area (Å²) in [5.41, 5.74) is 6.50. The van der Waals surface area contributed by atoms with Crippen molar-refractivity contribution in [2.24, 2.45) is 5.92 Å². The molecular weight excluding hydrogens is 278 g/mol. The Kier molecular flexibility index (Phi) is 7.40. The van der Waals surface area contributed by atoms with Crippen molar-refractivity contribution in [1.82, 2.24) is 0 Å². The lowest BCUT2D eigenvalue weighted by molar-refractivity contribution is -0.117. The van der Waals surface area contributed by atoms with Gasteiger partial charge in [-0.25, -0.2) is 0 Å². The van der Waals surface area contributed by atoms with E-state index in [1.165, 1.54) is 11.3 Å². The Labute approximate surface area is 114 Å². The van der Waals surface area contributed by atoms with Crippen LogP contribution in [0.1, 0.15) is 5.56 Å². The molecule has 2 heterocycles. The van der Waals surface area contributed by atoms with E-state index in [0.717, 1.165) is 0 Å². The van der Waals surface area contributed by atoms with E-state index in [-0.39, 0.29) is 24.1 Å². The number of nitrogens with two attached hydrogens (primary N) is 1. The SMILES string of the molecule is Cl.N#CC1CSCC1=O.N#Cc1cscc1N. The lowest BCUT2D eigenvalue weighted by atomic mass is 10.1. The van der Waals surface area contributed by atoms with E-state index in [1.807, 2.05) is 12.1 Å². The van der Waals surface area contributed by atoms with E-state index >= 15 is 0 Å². The molecule has 0 spiro atoms. The van der Waals surface area contributed by atoms with Crippen LogP contribution in [0.15, 0.2) is 10.8 Å². The molecule has 1 aliphatic rings. The second-order valence-corrected chi connectivity index (χ2v) is 4.79. The smallest absolute Gasteiger partial charge is 0.160 e. The van der Waals surface area contributed by atoms with Crippen molar-refractivity contribution in [3.05, 3.63) is 16.3 Å². The molecule has 0 aliphatic carbocycles. The zero-order valence-corrected chi connectivity index (χ0v) is 11.2. The highest BCUT2D eigenvalue weighted by Gasteiger charge is 2.23. The molecule has 0 amide bonds. The Hall–Kier alpha value is -1.21. The fourth-order valence-corrected chi connectivity index (χ4v) is 2.66. The average molecular weight is 288 g/mol. The van der Waals surface area contributed by atoms with Crippen LogP contribution in [-0.4, -0.2) is 17.3 Å². The van der Waals surface area contributed by atoms with Gasteiger partial charge in [-0.3, -0.25) is 4.79 Å². The van der Waals surface area contributed by atoms with Crippen LogP contribution in [0, 0.1) is 28.6 Å². The zero-order chi connectivity index (χ0) is 12.0. The summed E-state index contributed by atoms with van der Waals surface area (Å²) >= 11 is 2.99. The minimum absolute atomic E-state index is 0. The number of Topliss-reactive ketones (excluding diaryl/α,β-unsaturated/α-hetero) is 1. The monoisotopic (exact) mass is 287 g/mol. The van der Waals surface area contributed by atoms with Gasteiger partial charge >= 0.3 is 0 Å². The van der Waals surface area contributed by atoms with Gasteiger partial charge in [0.2, 0.25) is 0 Å². The van der Waals surface area contributed by atoms with E-state index in [9.17, 15) is 4.79 Å². The first-order valence-corrected chi connectivity index (χ1v) is 6.50. The number of nitrogens with zero attached hydrogens (tertiary/aromatic N) is 2. The van der Waals surface area contributed by atoms with E-state index < -0.39 is 0 Å². The van der Waals surface area contributed by atoms with Gasteiger partial charge in [0, 0.05) is 16.5 Å². The van der Waals surface area contributed by atoms with Crippen molar-refractivity contribution >= 4 is 47.0 Å². The minimum Gasteiger partial charge on any atom is -0.397 e. The van der Waals surface area contributed by atoms with Crippen molar-refractivity contribution in [2.75, 3.05) is 17.2 Å². The first-order chi connectivity index (χ1) is 7.69. The number of thiophene rings is 1. The Morgan fingerprint density at radius 2 is 2.12 bits per heavy atom. The molecule has 1 atom stereocenters. The van der Waals surface area contributed by atoms with Crippen molar-refractivity contribution in [1.29, 1.82) is 10.5 Å². The van der Waals surface area contributed by atoms with E-state index in [2.05, 4.69) is 0 Å². The first-order valence-electron chi connectivity index (χ1n) is 4.41. The Morgan fingerprint density at radius 1 is 1.41 bits per heavy atom. The van der Waals surface area contributed by atoms with Crippen LogP contribution in [0.25, 0.3) is 0 Å². The maximum atomic E-state index is 10.6. The number of carbonyl (C=O) groups is 1. The van der Waals surface area contributed by atoms with Crippen LogP contribution in [0.4, 0.5) is 5.69 Å². The summed E-state index contributed by atoms with van der Waals surface area (Å²) < 4.78 is 0. The topological polar surface area (TPSA) is 90.7 Å². The number of ketones is 1. The van der Waals surface area contributed by atoms with Crippen molar-refractivity contribution in [2.45, 2.75) is 0 Å². The van der Waals surface area contributed by atoms with Gasteiger partial charge in [-0.2, -0.15) is 22.3 Å². The van der Waals surface area contributed by atoms with E-state index in [0.29, 0.717) is 22.8 Å². The van der Waals surface area contributed by atoms with E-state index in [1.54, 1.807) is 22.5 Å². The maximum absolute atomic E-state index is 10.6. The summed E-state index contributed by atoms with van der Waals surface area (Å²) in [6.07, 6.45) is 0. The number of halogens is 1. The van der Waals surface area contributed by atoms with Crippen molar-refractivity contribution in [3.63, 3.8) is 0 Å². The lowest BCUT2D eigenvalue weighted by Gasteiger charge is -1.86. The highest BCUT2D eigenvalue weighted by molar-refractivity contribution is 8.00. The number of hydrogen-bond acceptors (Lipinski definition) is 6. The van der Waals surface area contributed by atoms with E-state index in [4.69, 9.17) is 16.3 Å². The van der Waals surface area contributed by atoms with Gasteiger partial charge in [-0.15, -0.1) is 23.7 Å². The first kappa shape index (κ1) is 15.8. The second-order valence-electron chi connectivity index (χ2n) is 3.02. The maximum Gasteiger partial charge on any atom is 0.160 e. The molecule has 0 bridgehead atoms. The van der Waals surface area contributed by atoms with Gasteiger partial charge in [-0.05, 0) is 0 Å². The fraction of sp³-hybridized carbons (Fsp3) is 0.300. The number of nitriles is 2. The number of thioether (sulfide) groups is 1. The molecule has 1 aliphatic heterocycles. The third kappa shape index (κ3) is 4.66. The summed E-state index contributed by atoms with van der Waals surface area (Å²) in [6, 6.07) is 3.90. The molecular formula is C10H10ClN3OS2. The quantitative estimate of drug-likeness (QED) is 0.789. The molecule has 0 radical (unpaired) electrons. The van der Waals surface area contributed by atoms with Crippen LogP contribution in [0.5, 0.6) is 0 Å². The molecule has 2 rings (SSSR count). The number of hydrogen-bond donors (Lipinski definition) is 1. The molecule has 1 fully saturated rings. The van der Waals surface area contributed by atoms with Gasteiger partial charge in [-0.1, -0.05) is 0 Å². The number of anilines is 1. The molecule has 1 aromatic heterocycles. The van der Waals surface area contributed by atoms with Crippen LogP contribution in [0.2, 0.25) is 0 Å². The number of rotatable bonds is 0. The van der Waals surface area contributed by atoms with Crippen LogP contribution < -0.4 is 5.73 Å². The molecule has 1 saturated heterocycles. The minimum atomic E-state index is -0.306. The summed E-state index contributed by atoms with van der Waals surface area (Å²) in [5, 5.41) is 20.0. The zero-order valence-electron chi connectivity index (χ0n) is 8.75. The van der Waals surface area contributed by atoms with Gasteiger partial charge in [0.25, 0.3) is 0 Å². The van der Waals surface area contributed by atoms with Crippen molar-refractivity contribution in [3.8, 4) is 12.1 Å². The van der Waals surface area contributed by atoms with Gasteiger partial charge in [0.05, 0.1) is 23.1 Å². The lowest BCUT2D eigenvalue weighted by Crippen LogP contribution is -2.07. The van der Waals surface area contributed by atoms with Crippen molar-refractivity contribution < 1.29 is 4.79 Å². The molecule has 0 saturated carbocycles. The molecule has 2 N–H and O–H groups in total. The van der Waals surface area contributed by atoms with Crippen LogP contribution >= 0.6 is 35.5 Å². The predicted octanol–water partition coefficient (Wildman–Crippen LogP) is 2.07. The Bertz CT molecular complexity index is 461. The normalized spacial score (nSPS) is 17.1. The molecule has 0 aromatic carbocycles. The summed E-state index contributed by atoms with van der Waals surface area (Å²) in [4.78, 5) is 10.6.